The smallest absolute Gasteiger partial charge is 0.185 e. The quantitative estimate of drug-likeness (QED) is 0.764. The minimum absolute atomic E-state index is 0.497. The predicted octanol–water partition coefficient (Wildman–Crippen LogP) is 3.88. The van der Waals surface area contributed by atoms with Crippen LogP contribution in [-0.2, 0) is 0 Å². The van der Waals surface area contributed by atoms with E-state index in [-0.39, 0.29) is 0 Å². The maximum absolute atomic E-state index is 4.74. The van der Waals surface area contributed by atoms with E-state index in [0.717, 1.165) is 22.9 Å². The number of anilines is 1. The molecule has 0 spiro atoms. The highest BCUT2D eigenvalue weighted by Gasteiger charge is 2.27. The number of rotatable bonds is 5. The third kappa shape index (κ3) is 2.98. The third-order valence-electron chi connectivity index (χ3n) is 4.46. The Bertz CT molecular complexity index is 817. The van der Waals surface area contributed by atoms with Gasteiger partial charge in [-0.1, -0.05) is 43.7 Å². The van der Waals surface area contributed by atoms with Crippen molar-refractivity contribution in [1.82, 2.24) is 19.8 Å². The fourth-order valence-electron chi connectivity index (χ4n) is 3.33. The molecule has 3 aromatic rings. The maximum atomic E-state index is 4.74. The molecule has 2 unspecified atom stereocenters. The first-order valence-electron chi connectivity index (χ1n) is 8.51. The van der Waals surface area contributed by atoms with Crippen molar-refractivity contribution in [2.45, 2.75) is 37.5 Å². The Balaban J connectivity index is 1.63. The van der Waals surface area contributed by atoms with E-state index < -0.39 is 0 Å². The standard InChI is InChI=1S/C18H21N5S/c1-2-24-15-10-6-9-14(15)19-16-11-12-17-20-21-18(23(17)22-16)13-7-4-3-5-8-13/h3-5,7-8,11-12,14-15H,2,6,9-10H2,1H3,(H,19,22). The van der Waals surface area contributed by atoms with E-state index in [1.54, 1.807) is 0 Å². The number of nitrogens with zero attached hydrogens (tertiary/aromatic N) is 4. The van der Waals surface area contributed by atoms with E-state index in [1.165, 1.54) is 25.0 Å². The first-order chi connectivity index (χ1) is 11.8. The van der Waals surface area contributed by atoms with Gasteiger partial charge in [-0.05, 0) is 30.7 Å². The van der Waals surface area contributed by atoms with Gasteiger partial charge in [0.1, 0.15) is 5.82 Å². The molecule has 2 atom stereocenters. The lowest BCUT2D eigenvalue weighted by Gasteiger charge is -2.20. The van der Waals surface area contributed by atoms with Crippen LogP contribution in [0.15, 0.2) is 42.5 Å². The monoisotopic (exact) mass is 339 g/mol. The predicted molar refractivity (Wildman–Crippen MR) is 99.4 cm³/mol. The lowest BCUT2D eigenvalue weighted by atomic mass is 10.2. The van der Waals surface area contributed by atoms with Crippen molar-refractivity contribution in [1.29, 1.82) is 0 Å². The van der Waals surface area contributed by atoms with Crippen LogP contribution >= 0.6 is 11.8 Å². The van der Waals surface area contributed by atoms with Crippen molar-refractivity contribution < 1.29 is 0 Å². The normalized spacial score (nSPS) is 20.5. The van der Waals surface area contributed by atoms with E-state index in [0.29, 0.717) is 11.3 Å². The van der Waals surface area contributed by atoms with Crippen LogP contribution < -0.4 is 5.32 Å². The summed E-state index contributed by atoms with van der Waals surface area (Å²) in [6, 6.07) is 14.5. The molecule has 0 amide bonds. The fourth-order valence-corrected chi connectivity index (χ4v) is 4.53. The highest BCUT2D eigenvalue weighted by molar-refractivity contribution is 7.99. The molecule has 24 heavy (non-hydrogen) atoms. The minimum atomic E-state index is 0.497. The molecule has 1 saturated carbocycles. The van der Waals surface area contributed by atoms with Gasteiger partial charge in [0.25, 0.3) is 0 Å². The zero-order valence-electron chi connectivity index (χ0n) is 13.7. The summed E-state index contributed by atoms with van der Waals surface area (Å²) < 4.78 is 1.83. The molecule has 4 rings (SSSR count). The minimum Gasteiger partial charge on any atom is -0.365 e. The van der Waals surface area contributed by atoms with Crippen molar-refractivity contribution in [3.8, 4) is 11.4 Å². The number of hydrogen-bond acceptors (Lipinski definition) is 5. The second-order valence-electron chi connectivity index (χ2n) is 6.05. The molecule has 1 aliphatic carbocycles. The Morgan fingerprint density at radius 2 is 2.00 bits per heavy atom. The summed E-state index contributed by atoms with van der Waals surface area (Å²) in [7, 11) is 0. The number of thioether (sulfide) groups is 1. The van der Waals surface area contributed by atoms with E-state index in [9.17, 15) is 0 Å². The van der Waals surface area contributed by atoms with E-state index >= 15 is 0 Å². The van der Waals surface area contributed by atoms with Crippen LogP contribution in [-0.4, -0.2) is 36.9 Å². The molecule has 1 N–H and O–H groups in total. The molecule has 0 radical (unpaired) electrons. The summed E-state index contributed by atoms with van der Waals surface area (Å²) in [5, 5.41) is 17.6. The first kappa shape index (κ1) is 15.4. The van der Waals surface area contributed by atoms with Crippen molar-refractivity contribution >= 4 is 23.2 Å². The molecule has 1 fully saturated rings. The topological polar surface area (TPSA) is 55.1 Å². The van der Waals surface area contributed by atoms with Crippen LogP contribution in [0, 0.1) is 0 Å². The molecule has 2 heterocycles. The SMILES string of the molecule is CCSC1CCCC1Nc1ccc2nnc(-c3ccccc3)n2n1. The van der Waals surface area contributed by atoms with E-state index in [4.69, 9.17) is 5.10 Å². The lowest BCUT2D eigenvalue weighted by molar-refractivity contribution is 0.754. The van der Waals surface area contributed by atoms with Gasteiger partial charge in [0.2, 0.25) is 0 Å². The fraction of sp³-hybridized carbons (Fsp3) is 0.389. The molecular weight excluding hydrogens is 318 g/mol. The van der Waals surface area contributed by atoms with Crippen LogP contribution in [0.2, 0.25) is 0 Å². The van der Waals surface area contributed by atoms with E-state index in [1.807, 2.05) is 58.7 Å². The molecule has 1 aromatic carbocycles. The van der Waals surface area contributed by atoms with Gasteiger partial charge in [0, 0.05) is 16.9 Å². The van der Waals surface area contributed by atoms with Gasteiger partial charge in [-0.3, -0.25) is 0 Å². The highest BCUT2D eigenvalue weighted by atomic mass is 32.2. The van der Waals surface area contributed by atoms with Gasteiger partial charge in [0.15, 0.2) is 11.5 Å². The van der Waals surface area contributed by atoms with Gasteiger partial charge in [-0.25, -0.2) is 0 Å². The Morgan fingerprint density at radius 1 is 1.12 bits per heavy atom. The van der Waals surface area contributed by atoms with Gasteiger partial charge in [0.05, 0.1) is 0 Å². The van der Waals surface area contributed by atoms with Crippen LogP contribution in [0.5, 0.6) is 0 Å². The van der Waals surface area contributed by atoms with Crippen LogP contribution in [0.25, 0.3) is 17.0 Å². The Morgan fingerprint density at radius 3 is 2.83 bits per heavy atom. The number of fused-ring (bicyclic) bond motifs is 1. The molecule has 2 aromatic heterocycles. The van der Waals surface area contributed by atoms with Crippen LogP contribution in [0.1, 0.15) is 26.2 Å². The van der Waals surface area contributed by atoms with Gasteiger partial charge < -0.3 is 5.32 Å². The Hall–Kier alpha value is -2.08. The number of aromatic nitrogens is 4. The summed E-state index contributed by atoms with van der Waals surface area (Å²) >= 11 is 2.05. The summed E-state index contributed by atoms with van der Waals surface area (Å²) in [6.07, 6.45) is 3.80. The zero-order valence-corrected chi connectivity index (χ0v) is 14.5. The summed E-state index contributed by atoms with van der Waals surface area (Å²) in [6.45, 7) is 2.23. The van der Waals surface area contributed by atoms with Gasteiger partial charge >= 0.3 is 0 Å². The van der Waals surface area contributed by atoms with Gasteiger partial charge in [-0.15, -0.1) is 15.3 Å². The molecule has 124 valence electrons. The lowest BCUT2D eigenvalue weighted by Crippen LogP contribution is -2.27. The first-order valence-corrected chi connectivity index (χ1v) is 9.56. The average molecular weight is 339 g/mol. The van der Waals surface area contributed by atoms with Crippen LogP contribution in [0.4, 0.5) is 5.82 Å². The molecule has 0 bridgehead atoms. The largest absolute Gasteiger partial charge is 0.365 e. The number of hydrogen-bond donors (Lipinski definition) is 1. The second kappa shape index (κ2) is 6.81. The molecular formula is C18H21N5S. The summed E-state index contributed by atoms with van der Waals surface area (Å²) in [5.41, 5.74) is 1.79. The van der Waals surface area contributed by atoms with Gasteiger partial charge in [-0.2, -0.15) is 16.3 Å². The molecule has 1 aliphatic rings. The van der Waals surface area contributed by atoms with E-state index in [2.05, 4.69) is 22.4 Å². The summed E-state index contributed by atoms with van der Waals surface area (Å²) in [4.78, 5) is 0. The Labute approximate surface area is 145 Å². The van der Waals surface area contributed by atoms with Crippen molar-refractivity contribution in [3.63, 3.8) is 0 Å². The maximum Gasteiger partial charge on any atom is 0.185 e. The second-order valence-corrected chi connectivity index (χ2v) is 7.57. The number of nitrogens with one attached hydrogen (secondary N) is 1. The summed E-state index contributed by atoms with van der Waals surface area (Å²) in [5.74, 6) is 2.84. The number of benzene rings is 1. The molecule has 6 heteroatoms. The van der Waals surface area contributed by atoms with Crippen molar-refractivity contribution in [3.05, 3.63) is 42.5 Å². The third-order valence-corrected chi connectivity index (χ3v) is 5.79. The zero-order chi connectivity index (χ0) is 16.4. The molecule has 0 aliphatic heterocycles. The van der Waals surface area contributed by atoms with Crippen molar-refractivity contribution in [2.75, 3.05) is 11.1 Å². The van der Waals surface area contributed by atoms with Crippen molar-refractivity contribution in [2.24, 2.45) is 0 Å². The Kier molecular flexibility index (Phi) is 4.38. The average Bonchev–Trinajstić information content (AvgIpc) is 3.23. The molecule has 0 saturated heterocycles. The van der Waals surface area contributed by atoms with Crippen LogP contribution in [0.3, 0.4) is 0 Å². The molecule has 5 nitrogen and oxygen atoms in total. The highest BCUT2D eigenvalue weighted by Crippen LogP contribution is 2.31.